The summed E-state index contributed by atoms with van der Waals surface area (Å²) < 4.78 is 0. The van der Waals surface area contributed by atoms with Gasteiger partial charge in [0.1, 0.15) is 6.29 Å². The van der Waals surface area contributed by atoms with Crippen LogP contribution in [-0.2, 0) is 4.79 Å². The predicted molar refractivity (Wildman–Crippen MR) is 68.6 cm³/mol. The highest BCUT2D eigenvalue weighted by Crippen LogP contribution is 2.34. The van der Waals surface area contributed by atoms with E-state index < -0.39 is 0 Å². The van der Waals surface area contributed by atoms with E-state index >= 15 is 0 Å². The molecule has 94 valence electrons. The van der Waals surface area contributed by atoms with Crippen molar-refractivity contribution in [2.75, 3.05) is 13.6 Å². The van der Waals surface area contributed by atoms with Gasteiger partial charge in [0, 0.05) is 18.0 Å². The van der Waals surface area contributed by atoms with Crippen molar-refractivity contribution in [1.82, 2.24) is 4.90 Å². The fourth-order valence-electron chi connectivity index (χ4n) is 2.71. The van der Waals surface area contributed by atoms with Crippen LogP contribution in [0.5, 0.6) is 0 Å². The summed E-state index contributed by atoms with van der Waals surface area (Å²) in [6, 6.07) is 0.583. The molecule has 0 amide bonds. The van der Waals surface area contributed by atoms with Crippen molar-refractivity contribution in [1.29, 1.82) is 0 Å². The number of rotatable bonds is 5. The van der Waals surface area contributed by atoms with Gasteiger partial charge in [-0.3, -0.25) is 0 Å². The second-order valence-corrected chi connectivity index (χ2v) is 5.57. The van der Waals surface area contributed by atoms with E-state index in [4.69, 9.17) is 0 Å². The Morgan fingerprint density at radius 2 is 1.81 bits per heavy atom. The molecule has 2 heteroatoms. The topological polar surface area (TPSA) is 20.3 Å². The van der Waals surface area contributed by atoms with Gasteiger partial charge in [-0.2, -0.15) is 0 Å². The molecule has 0 bridgehead atoms. The lowest BCUT2D eigenvalue weighted by molar-refractivity contribution is -0.118. The van der Waals surface area contributed by atoms with Crippen molar-refractivity contribution in [3.05, 3.63) is 0 Å². The van der Waals surface area contributed by atoms with Crippen molar-refractivity contribution in [2.45, 2.75) is 64.8 Å². The number of nitrogens with zero attached hydrogens (tertiary/aromatic N) is 1. The van der Waals surface area contributed by atoms with Crippen molar-refractivity contribution >= 4 is 6.29 Å². The summed E-state index contributed by atoms with van der Waals surface area (Å²) in [5.41, 5.74) is -0.0469. The molecule has 1 rings (SSSR count). The lowest BCUT2D eigenvalue weighted by atomic mass is 9.81. The van der Waals surface area contributed by atoms with Gasteiger partial charge in [-0.15, -0.1) is 0 Å². The van der Waals surface area contributed by atoms with Gasteiger partial charge in [-0.1, -0.05) is 32.6 Å². The van der Waals surface area contributed by atoms with Gasteiger partial charge in [-0.25, -0.2) is 0 Å². The molecule has 0 spiro atoms. The van der Waals surface area contributed by atoms with Crippen LogP contribution in [0.2, 0.25) is 0 Å². The van der Waals surface area contributed by atoms with Crippen LogP contribution in [0.3, 0.4) is 0 Å². The quantitative estimate of drug-likeness (QED) is 0.529. The molecule has 0 aromatic heterocycles. The third kappa shape index (κ3) is 3.58. The Bertz CT molecular complexity index is 207. The van der Waals surface area contributed by atoms with E-state index in [0.29, 0.717) is 6.04 Å². The summed E-state index contributed by atoms with van der Waals surface area (Å²) in [5.74, 6) is 0. The minimum atomic E-state index is -0.0469. The molecule has 1 aliphatic rings. The molecular weight excluding hydrogens is 198 g/mol. The smallest absolute Gasteiger partial charge is 0.127 e. The van der Waals surface area contributed by atoms with E-state index in [0.717, 1.165) is 25.8 Å². The first-order chi connectivity index (χ1) is 7.63. The minimum Gasteiger partial charge on any atom is -0.303 e. The predicted octanol–water partition coefficient (Wildman–Crippen LogP) is 3.26. The standard InChI is InChI=1S/C14H27NO/c1-4-13(2)15(3)11-14(12-16)9-7-5-6-8-10-14/h12-13H,4-11H2,1-3H3. The van der Waals surface area contributed by atoms with Crippen LogP contribution in [-0.4, -0.2) is 30.8 Å². The van der Waals surface area contributed by atoms with E-state index in [9.17, 15) is 4.79 Å². The van der Waals surface area contributed by atoms with Crippen LogP contribution in [0, 0.1) is 5.41 Å². The molecule has 1 atom stereocenters. The van der Waals surface area contributed by atoms with Gasteiger partial charge < -0.3 is 9.69 Å². The number of hydrogen-bond donors (Lipinski definition) is 0. The van der Waals surface area contributed by atoms with E-state index in [1.54, 1.807) is 0 Å². The SMILES string of the molecule is CCC(C)N(C)CC1(C=O)CCCCCC1. The average molecular weight is 225 g/mol. The van der Waals surface area contributed by atoms with Crippen LogP contribution in [0.25, 0.3) is 0 Å². The molecule has 0 N–H and O–H groups in total. The molecule has 0 heterocycles. The van der Waals surface area contributed by atoms with E-state index in [2.05, 4.69) is 25.8 Å². The fraction of sp³-hybridized carbons (Fsp3) is 0.929. The maximum atomic E-state index is 11.5. The summed E-state index contributed by atoms with van der Waals surface area (Å²) in [6.07, 6.45) is 9.67. The third-order valence-electron chi connectivity index (χ3n) is 4.26. The van der Waals surface area contributed by atoms with Crippen LogP contribution >= 0.6 is 0 Å². The highest BCUT2D eigenvalue weighted by Gasteiger charge is 2.32. The van der Waals surface area contributed by atoms with Gasteiger partial charge in [0.15, 0.2) is 0 Å². The molecule has 0 aliphatic heterocycles. The first-order valence-electron chi connectivity index (χ1n) is 6.80. The average Bonchev–Trinajstić information content (AvgIpc) is 2.54. The third-order valence-corrected chi connectivity index (χ3v) is 4.26. The number of carbonyl (C=O) groups is 1. The Morgan fingerprint density at radius 1 is 1.25 bits per heavy atom. The Labute approximate surface area is 100 Å². The highest BCUT2D eigenvalue weighted by molar-refractivity contribution is 5.59. The number of aldehydes is 1. The summed E-state index contributed by atoms with van der Waals surface area (Å²) in [7, 11) is 2.16. The molecule has 0 radical (unpaired) electrons. The Morgan fingerprint density at radius 3 is 2.25 bits per heavy atom. The van der Waals surface area contributed by atoms with Gasteiger partial charge in [0.25, 0.3) is 0 Å². The Balaban J connectivity index is 2.60. The van der Waals surface area contributed by atoms with Gasteiger partial charge in [0.2, 0.25) is 0 Å². The van der Waals surface area contributed by atoms with Gasteiger partial charge >= 0.3 is 0 Å². The highest BCUT2D eigenvalue weighted by atomic mass is 16.1. The number of carbonyl (C=O) groups excluding carboxylic acids is 1. The zero-order chi connectivity index (χ0) is 12.0. The van der Waals surface area contributed by atoms with Gasteiger partial charge in [-0.05, 0) is 33.2 Å². The van der Waals surface area contributed by atoms with E-state index in [-0.39, 0.29) is 5.41 Å². The molecule has 16 heavy (non-hydrogen) atoms. The summed E-state index contributed by atoms with van der Waals surface area (Å²) in [4.78, 5) is 13.8. The van der Waals surface area contributed by atoms with Crippen molar-refractivity contribution < 1.29 is 4.79 Å². The molecule has 1 saturated carbocycles. The molecule has 0 aromatic carbocycles. The largest absolute Gasteiger partial charge is 0.303 e. The maximum absolute atomic E-state index is 11.5. The molecule has 1 fully saturated rings. The van der Waals surface area contributed by atoms with Gasteiger partial charge in [0.05, 0.1) is 0 Å². The molecule has 0 aromatic rings. The molecule has 2 nitrogen and oxygen atoms in total. The second-order valence-electron chi connectivity index (χ2n) is 5.57. The maximum Gasteiger partial charge on any atom is 0.127 e. The number of hydrogen-bond acceptors (Lipinski definition) is 2. The zero-order valence-corrected chi connectivity index (χ0v) is 11.2. The molecular formula is C14H27NO. The van der Waals surface area contributed by atoms with Crippen LogP contribution in [0.1, 0.15) is 58.8 Å². The van der Waals surface area contributed by atoms with Crippen molar-refractivity contribution in [3.63, 3.8) is 0 Å². The Hall–Kier alpha value is -0.370. The first kappa shape index (κ1) is 13.7. The van der Waals surface area contributed by atoms with E-state index in [1.165, 1.54) is 32.0 Å². The molecule has 1 aliphatic carbocycles. The van der Waals surface area contributed by atoms with Crippen molar-refractivity contribution in [3.8, 4) is 0 Å². The monoisotopic (exact) mass is 225 g/mol. The lowest BCUT2D eigenvalue weighted by Gasteiger charge is -2.34. The first-order valence-corrected chi connectivity index (χ1v) is 6.80. The molecule has 0 saturated heterocycles. The Kier molecular flexibility index (Phi) is 5.47. The van der Waals surface area contributed by atoms with Crippen LogP contribution in [0.4, 0.5) is 0 Å². The summed E-state index contributed by atoms with van der Waals surface area (Å²) in [6.45, 7) is 5.41. The van der Waals surface area contributed by atoms with Crippen LogP contribution in [0.15, 0.2) is 0 Å². The zero-order valence-electron chi connectivity index (χ0n) is 11.2. The summed E-state index contributed by atoms with van der Waals surface area (Å²) in [5, 5.41) is 0. The fourth-order valence-corrected chi connectivity index (χ4v) is 2.71. The normalized spacial score (nSPS) is 22.8. The second kappa shape index (κ2) is 6.39. The summed E-state index contributed by atoms with van der Waals surface area (Å²) >= 11 is 0. The van der Waals surface area contributed by atoms with E-state index in [1.807, 2.05) is 0 Å². The van der Waals surface area contributed by atoms with Crippen molar-refractivity contribution in [2.24, 2.45) is 5.41 Å². The molecule has 1 unspecified atom stereocenters. The lowest BCUT2D eigenvalue weighted by Crippen LogP contribution is -2.40. The minimum absolute atomic E-state index is 0.0469. The van der Waals surface area contributed by atoms with Crippen LogP contribution < -0.4 is 0 Å².